The smallest absolute Gasteiger partial charge is 0.137 e. The molecule has 1 unspecified atom stereocenters. The van der Waals surface area contributed by atoms with Crippen molar-refractivity contribution in [1.29, 1.82) is 0 Å². The zero-order valence-corrected chi connectivity index (χ0v) is 15.2. The van der Waals surface area contributed by atoms with E-state index in [0.717, 1.165) is 29.6 Å². The summed E-state index contributed by atoms with van der Waals surface area (Å²) in [4.78, 5) is 11.8. The van der Waals surface area contributed by atoms with E-state index in [1.165, 1.54) is 0 Å². The molecule has 1 heterocycles. The maximum atomic E-state index is 4.82. The predicted molar refractivity (Wildman–Crippen MR) is 92.3 cm³/mol. The Kier molecular flexibility index (Phi) is 5.60. The summed E-state index contributed by atoms with van der Waals surface area (Å²) in [6.07, 6.45) is 0. The first-order valence-corrected chi connectivity index (χ1v) is 7.94. The lowest BCUT2D eigenvalue weighted by molar-refractivity contribution is 0.328. The fraction of sp³-hybridized carbons (Fsp3) is 0.765. The molecule has 1 N–H and O–H groups in total. The second kappa shape index (κ2) is 6.63. The lowest BCUT2D eigenvalue weighted by Gasteiger charge is -2.37. The number of anilines is 2. The van der Waals surface area contributed by atoms with Gasteiger partial charge in [-0.2, -0.15) is 0 Å². The molecule has 0 amide bonds. The second-order valence-corrected chi connectivity index (χ2v) is 7.22. The van der Waals surface area contributed by atoms with E-state index in [4.69, 9.17) is 4.98 Å². The van der Waals surface area contributed by atoms with E-state index in [9.17, 15) is 0 Å². The topological polar surface area (TPSA) is 41.1 Å². The molecule has 0 saturated heterocycles. The summed E-state index contributed by atoms with van der Waals surface area (Å²) in [5, 5.41) is 3.37. The van der Waals surface area contributed by atoms with Crippen LogP contribution in [0.25, 0.3) is 0 Å². The van der Waals surface area contributed by atoms with E-state index in [2.05, 4.69) is 77.6 Å². The summed E-state index contributed by atoms with van der Waals surface area (Å²) in [6.45, 7) is 18.4. The van der Waals surface area contributed by atoms with E-state index in [0.29, 0.717) is 12.0 Å². The van der Waals surface area contributed by atoms with Gasteiger partial charge in [-0.3, -0.25) is 0 Å². The van der Waals surface area contributed by atoms with E-state index in [1.807, 2.05) is 0 Å². The van der Waals surface area contributed by atoms with E-state index >= 15 is 0 Å². The van der Waals surface area contributed by atoms with Crippen LogP contribution < -0.4 is 10.2 Å². The molecule has 0 aliphatic heterocycles. The maximum Gasteiger partial charge on any atom is 0.137 e. The first-order valence-electron chi connectivity index (χ1n) is 7.94. The van der Waals surface area contributed by atoms with Gasteiger partial charge >= 0.3 is 0 Å². The Morgan fingerprint density at radius 2 is 1.71 bits per heavy atom. The van der Waals surface area contributed by atoms with Gasteiger partial charge in [0.15, 0.2) is 0 Å². The minimum absolute atomic E-state index is 0.197. The van der Waals surface area contributed by atoms with E-state index in [-0.39, 0.29) is 5.41 Å². The molecule has 1 aromatic heterocycles. The van der Waals surface area contributed by atoms with Gasteiger partial charge in [0.25, 0.3) is 0 Å². The Balaban J connectivity index is 3.33. The van der Waals surface area contributed by atoms with Gasteiger partial charge in [0.2, 0.25) is 0 Å². The van der Waals surface area contributed by atoms with Crippen LogP contribution in [0, 0.1) is 12.3 Å². The average molecular weight is 292 g/mol. The standard InChI is InChI=1S/C17H32N4/c1-10-18-15-12(4)16(20-14(19-15)11(2)3)21(9)13(5)17(6,7)8/h11,13H,10H2,1-9H3,(H,18,19,20). The monoisotopic (exact) mass is 292 g/mol. The van der Waals surface area contributed by atoms with Gasteiger partial charge in [0.05, 0.1) is 0 Å². The Morgan fingerprint density at radius 3 is 2.14 bits per heavy atom. The molecule has 0 aliphatic rings. The van der Waals surface area contributed by atoms with Crippen LogP contribution in [0.4, 0.5) is 11.6 Å². The van der Waals surface area contributed by atoms with Crippen molar-refractivity contribution in [3.05, 3.63) is 11.4 Å². The van der Waals surface area contributed by atoms with Gasteiger partial charge in [-0.05, 0) is 26.2 Å². The zero-order valence-electron chi connectivity index (χ0n) is 15.2. The molecule has 0 bridgehead atoms. The summed E-state index contributed by atoms with van der Waals surface area (Å²) in [7, 11) is 2.13. The Labute approximate surface area is 130 Å². The zero-order chi connectivity index (χ0) is 16.4. The Bertz CT molecular complexity index is 474. The van der Waals surface area contributed by atoms with Crippen LogP contribution in [-0.4, -0.2) is 29.6 Å². The molecule has 21 heavy (non-hydrogen) atoms. The van der Waals surface area contributed by atoms with Crippen molar-refractivity contribution in [3.8, 4) is 0 Å². The second-order valence-electron chi connectivity index (χ2n) is 7.22. The van der Waals surface area contributed by atoms with E-state index < -0.39 is 0 Å². The van der Waals surface area contributed by atoms with Gasteiger partial charge in [-0.15, -0.1) is 0 Å². The summed E-state index contributed by atoms with van der Waals surface area (Å²) in [5.41, 5.74) is 1.32. The van der Waals surface area contributed by atoms with Crippen molar-refractivity contribution in [1.82, 2.24) is 9.97 Å². The normalized spacial score (nSPS) is 13.4. The van der Waals surface area contributed by atoms with Crippen LogP contribution in [-0.2, 0) is 0 Å². The van der Waals surface area contributed by atoms with Gasteiger partial charge in [0.1, 0.15) is 17.5 Å². The van der Waals surface area contributed by atoms with Crippen LogP contribution in [0.15, 0.2) is 0 Å². The van der Waals surface area contributed by atoms with Gasteiger partial charge in [-0.25, -0.2) is 9.97 Å². The number of hydrogen-bond acceptors (Lipinski definition) is 4. The molecule has 0 fully saturated rings. The highest BCUT2D eigenvalue weighted by Crippen LogP contribution is 2.31. The SMILES string of the molecule is CCNc1nc(C(C)C)nc(N(C)C(C)C(C)(C)C)c1C. The third-order valence-electron chi connectivity index (χ3n) is 4.17. The van der Waals surface area contributed by atoms with Gasteiger partial charge in [0, 0.05) is 31.1 Å². The molecular weight excluding hydrogens is 260 g/mol. The molecule has 120 valence electrons. The van der Waals surface area contributed by atoms with Crippen LogP contribution >= 0.6 is 0 Å². The number of hydrogen-bond donors (Lipinski definition) is 1. The Hall–Kier alpha value is -1.32. The summed E-state index contributed by atoms with van der Waals surface area (Å²) < 4.78 is 0. The van der Waals surface area contributed by atoms with Gasteiger partial charge in [-0.1, -0.05) is 34.6 Å². The van der Waals surface area contributed by atoms with Gasteiger partial charge < -0.3 is 10.2 Å². The molecule has 1 atom stereocenters. The molecule has 0 aliphatic carbocycles. The van der Waals surface area contributed by atoms with Crippen LogP contribution in [0.5, 0.6) is 0 Å². The minimum atomic E-state index is 0.197. The summed E-state index contributed by atoms with van der Waals surface area (Å²) in [5.74, 6) is 3.21. The quantitative estimate of drug-likeness (QED) is 0.882. The molecule has 4 nitrogen and oxygen atoms in total. The molecule has 4 heteroatoms. The van der Waals surface area contributed by atoms with Crippen LogP contribution in [0.1, 0.15) is 65.8 Å². The number of aromatic nitrogens is 2. The lowest BCUT2D eigenvalue weighted by atomic mass is 9.87. The summed E-state index contributed by atoms with van der Waals surface area (Å²) in [6, 6.07) is 0.389. The number of rotatable bonds is 5. The lowest BCUT2D eigenvalue weighted by Crippen LogP contribution is -2.40. The molecule has 1 aromatic rings. The maximum absolute atomic E-state index is 4.82. The van der Waals surface area contributed by atoms with Crippen molar-refractivity contribution in [2.24, 2.45) is 5.41 Å². The average Bonchev–Trinajstić information content (AvgIpc) is 2.38. The first-order chi connectivity index (χ1) is 9.59. The Morgan fingerprint density at radius 1 is 1.14 bits per heavy atom. The molecule has 0 radical (unpaired) electrons. The number of nitrogens with zero attached hydrogens (tertiary/aromatic N) is 3. The third kappa shape index (κ3) is 4.08. The van der Waals surface area contributed by atoms with Crippen molar-refractivity contribution in [3.63, 3.8) is 0 Å². The molecule has 1 rings (SSSR count). The molecule has 0 spiro atoms. The molecule has 0 aromatic carbocycles. The predicted octanol–water partition coefficient (Wildman–Crippen LogP) is 4.21. The molecular formula is C17H32N4. The highest BCUT2D eigenvalue weighted by Gasteiger charge is 2.27. The van der Waals surface area contributed by atoms with Crippen molar-refractivity contribution in [2.45, 2.75) is 67.3 Å². The fourth-order valence-electron chi connectivity index (χ4n) is 2.23. The van der Waals surface area contributed by atoms with Crippen LogP contribution in [0.2, 0.25) is 0 Å². The number of nitrogens with one attached hydrogen (secondary N) is 1. The summed E-state index contributed by atoms with van der Waals surface area (Å²) >= 11 is 0. The first kappa shape index (κ1) is 17.7. The minimum Gasteiger partial charge on any atom is -0.370 e. The fourth-order valence-corrected chi connectivity index (χ4v) is 2.23. The molecule has 0 saturated carbocycles. The van der Waals surface area contributed by atoms with Crippen molar-refractivity contribution in [2.75, 3.05) is 23.8 Å². The third-order valence-corrected chi connectivity index (χ3v) is 4.17. The van der Waals surface area contributed by atoms with Crippen LogP contribution in [0.3, 0.4) is 0 Å². The van der Waals surface area contributed by atoms with Crippen molar-refractivity contribution >= 4 is 11.6 Å². The van der Waals surface area contributed by atoms with Crippen molar-refractivity contribution < 1.29 is 0 Å². The highest BCUT2D eigenvalue weighted by molar-refractivity contribution is 5.59. The highest BCUT2D eigenvalue weighted by atomic mass is 15.2. The van der Waals surface area contributed by atoms with E-state index in [1.54, 1.807) is 0 Å². The largest absolute Gasteiger partial charge is 0.370 e.